The highest BCUT2D eigenvalue weighted by Gasteiger charge is 2.47. The first-order chi connectivity index (χ1) is 18.7. The number of hydrogen-bond donors (Lipinski definition) is 1. The second-order valence-corrected chi connectivity index (χ2v) is 8.81. The summed E-state index contributed by atoms with van der Waals surface area (Å²) < 4.78 is 21.2. The summed E-state index contributed by atoms with van der Waals surface area (Å²) in [5, 5.41) is 11.8. The molecular weight excluding hydrogens is 526 g/mol. The van der Waals surface area contributed by atoms with Crippen LogP contribution in [0.15, 0.2) is 66.2 Å². The Morgan fingerprint density at radius 1 is 0.949 bits per heavy atom. The van der Waals surface area contributed by atoms with Crippen LogP contribution in [0.2, 0.25) is 5.02 Å². The Bertz CT molecular complexity index is 1480. The van der Waals surface area contributed by atoms with Gasteiger partial charge in [-0.15, -0.1) is 0 Å². The van der Waals surface area contributed by atoms with Crippen LogP contribution >= 0.6 is 11.6 Å². The molecule has 0 spiro atoms. The number of Topliss-reactive ketones (excluding diaryl/α,β-unsaturated/α-hetero) is 1. The van der Waals surface area contributed by atoms with E-state index in [-0.39, 0.29) is 45.5 Å². The number of ketones is 1. The van der Waals surface area contributed by atoms with Crippen molar-refractivity contribution in [1.82, 2.24) is 0 Å². The molecule has 1 aliphatic rings. The fourth-order valence-corrected chi connectivity index (χ4v) is 4.64. The minimum atomic E-state index is -1.08. The maximum Gasteiger partial charge on any atom is 0.338 e. The average molecular weight is 552 g/mol. The highest BCUT2D eigenvalue weighted by Crippen LogP contribution is 2.45. The van der Waals surface area contributed by atoms with Crippen molar-refractivity contribution < 1.29 is 38.4 Å². The minimum absolute atomic E-state index is 0.102. The van der Waals surface area contributed by atoms with E-state index in [4.69, 9.17) is 30.5 Å². The van der Waals surface area contributed by atoms with Crippen LogP contribution in [-0.4, -0.2) is 50.7 Å². The van der Waals surface area contributed by atoms with E-state index in [1.807, 2.05) is 0 Å². The standard InChI is InChI=1S/C29H26ClNO8/c1-5-39-29(35)17-9-6-10-18(12-17)31-25(16-8-7-11-19(13-16)36-2)24(27(33)28(31)34)26(32)20-14-23(38-4)21(30)15-22(20)37-3/h6-15,25,32H,5H2,1-4H3/b26-24+. The third-order valence-corrected chi connectivity index (χ3v) is 6.51. The molecule has 0 radical (unpaired) electrons. The first kappa shape index (κ1) is 27.5. The van der Waals surface area contributed by atoms with Crippen molar-refractivity contribution in [3.8, 4) is 17.2 Å². The van der Waals surface area contributed by atoms with Gasteiger partial charge in [0, 0.05) is 11.8 Å². The van der Waals surface area contributed by atoms with E-state index in [9.17, 15) is 19.5 Å². The number of hydrogen-bond acceptors (Lipinski definition) is 8. The van der Waals surface area contributed by atoms with E-state index in [1.54, 1.807) is 49.4 Å². The summed E-state index contributed by atoms with van der Waals surface area (Å²) >= 11 is 6.24. The van der Waals surface area contributed by atoms with Crippen molar-refractivity contribution in [1.29, 1.82) is 0 Å². The van der Waals surface area contributed by atoms with Gasteiger partial charge in [-0.25, -0.2) is 4.79 Å². The quantitative estimate of drug-likeness (QED) is 0.177. The van der Waals surface area contributed by atoms with Crippen LogP contribution in [-0.2, 0) is 14.3 Å². The molecular formula is C29H26ClNO8. The number of aliphatic hydroxyl groups excluding tert-OH is 1. The van der Waals surface area contributed by atoms with Crippen molar-refractivity contribution in [2.45, 2.75) is 13.0 Å². The molecule has 1 heterocycles. The molecule has 1 N–H and O–H groups in total. The number of carbonyl (C=O) groups is 3. The Labute approximate surface area is 230 Å². The number of esters is 1. The molecule has 0 saturated carbocycles. The largest absolute Gasteiger partial charge is 0.507 e. The van der Waals surface area contributed by atoms with Crippen LogP contribution in [0.4, 0.5) is 5.69 Å². The number of carbonyl (C=O) groups excluding carboxylic acids is 3. The van der Waals surface area contributed by atoms with Crippen molar-refractivity contribution in [3.05, 3.63) is 87.9 Å². The fourth-order valence-electron chi connectivity index (χ4n) is 4.41. The molecule has 3 aromatic rings. The smallest absolute Gasteiger partial charge is 0.338 e. The molecule has 0 bridgehead atoms. The zero-order chi connectivity index (χ0) is 28.3. The van der Waals surface area contributed by atoms with Crippen molar-refractivity contribution >= 4 is 40.7 Å². The summed E-state index contributed by atoms with van der Waals surface area (Å²) in [5.74, 6) is -2.03. The van der Waals surface area contributed by atoms with Gasteiger partial charge in [0.25, 0.3) is 11.7 Å². The van der Waals surface area contributed by atoms with Gasteiger partial charge in [0.2, 0.25) is 0 Å². The van der Waals surface area contributed by atoms with Gasteiger partial charge in [0.1, 0.15) is 23.0 Å². The molecule has 1 atom stereocenters. The number of aliphatic hydroxyl groups is 1. The fraction of sp³-hybridized carbons (Fsp3) is 0.207. The van der Waals surface area contributed by atoms with Gasteiger partial charge in [-0.05, 0) is 48.9 Å². The van der Waals surface area contributed by atoms with Gasteiger partial charge in [0.15, 0.2) is 0 Å². The maximum absolute atomic E-state index is 13.6. The SMILES string of the molecule is CCOC(=O)c1cccc(N2C(=O)C(=O)/C(=C(/O)c3cc(OC)c(Cl)cc3OC)C2c2cccc(OC)c2)c1. The highest BCUT2D eigenvalue weighted by atomic mass is 35.5. The number of rotatable bonds is 8. The number of anilines is 1. The third kappa shape index (κ3) is 5.13. The predicted molar refractivity (Wildman–Crippen MR) is 145 cm³/mol. The van der Waals surface area contributed by atoms with Crippen molar-refractivity contribution in [2.75, 3.05) is 32.8 Å². The highest BCUT2D eigenvalue weighted by molar-refractivity contribution is 6.51. The first-order valence-electron chi connectivity index (χ1n) is 11.9. The summed E-state index contributed by atoms with van der Waals surface area (Å²) in [6, 6.07) is 14.7. The number of halogens is 1. The Morgan fingerprint density at radius 3 is 2.33 bits per heavy atom. The Morgan fingerprint density at radius 2 is 1.67 bits per heavy atom. The lowest BCUT2D eigenvalue weighted by atomic mass is 9.94. The van der Waals surface area contributed by atoms with E-state index in [0.717, 1.165) is 0 Å². The zero-order valence-electron chi connectivity index (χ0n) is 21.7. The summed E-state index contributed by atoms with van der Waals surface area (Å²) in [6.07, 6.45) is 0. The van der Waals surface area contributed by atoms with E-state index >= 15 is 0 Å². The van der Waals surface area contributed by atoms with Gasteiger partial charge in [-0.1, -0.05) is 29.8 Å². The second kappa shape index (κ2) is 11.5. The summed E-state index contributed by atoms with van der Waals surface area (Å²) in [7, 11) is 4.28. The van der Waals surface area contributed by atoms with E-state index < -0.39 is 29.5 Å². The van der Waals surface area contributed by atoms with Crippen LogP contribution in [0.3, 0.4) is 0 Å². The van der Waals surface area contributed by atoms with E-state index in [2.05, 4.69) is 0 Å². The van der Waals surface area contributed by atoms with Gasteiger partial charge in [-0.2, -0.15) is 0 Å². The average Bonchev–Trinajstić information content (AvgIpc) is 3.22. The van der Waals surface area contributed by atoms with Gasteiger partial charge in [-0.3, -0.25) is 14.5 Å². The molecule has 1 saturated heterocycles. The second-order valence-electron chi connectivity index (χ2n) is 8.40. The topological polar surface area (TPSA) is 112 Å². The molecule has 1 aliphatic heterocycles. The Kier molecular flexibility index (Phi) is 8.11. The van der Waals surface area contributed by atoms with E-state index in [1.165, 1.54) is 44.4 Å². The molecule has 9 nitrogen and oxygen atoms in total. The molecule has 39 heavy (non-hydrogen) atoms. The Hall–Kier alpha value is -4.50. The van der Waals surface area contributed by atoms with Crippen LogP contribution < -0.4 is 19.1 Å². The number of benzene rings is 3. The van der Waals surface area contributed by atoms with E-state index in [0.29, 0.717) is 11.3 Å². The number of amides is 1. The summed E-state index contributed by atoms with van der Waals surface area (Å²) in [6.45, 7) is 1.85. The van der Waals surface area contributed by atoms with Gasteiger partial charge in [0.05, 0.1) is 55.7 Å². The van der Waals surface area contributed by atoms with Gasteiger partial charge < -0.3 is 24.1 Å². The van der Waals surface area contributed by atoms with Crippen LogP contribution in [0, 0.1) is 0 Å². The zero-order valence-corrected chi connectivity index (χ0v) is 22.4. The normalized spacial score (nSPS) is 16.2. The molecule has 1 fully saturated rings. The summed E-state index contributed by atoms with van der Waals surface area (Å²) in [5.41, 5.74) is 0.846. The first-order valence-corrected chi connectivity index (χ1v) is 12.3. The lowest BCUT2D eigenvalue weighted by molar-refractivity contribution is -0.132. The van der Waals surface area contributed by atoms with Crippen molar-refractivity contribution in [2.24, 2.45) is 0 Å². The molecule has 1 unspecified atom stereocenters. The molecule has 4 rings (SSSR count). The maximum atomic E-state index is 13.6. The number of nitrogens with zero attached hydrogens (tertiary/aromatic N) is 1. The molecule has 0 aromatic heterocycles. The predicted octanol–water partition coefficient (Wildman–Crippen LogP) is 5.17. The molecule has 0 aliphatic carbocycles. The lowest BCUT2D eigenvalue weighted by Gasteiger charge is -2.26. The molecule has 1 amide bonds. The number of methoxy groups -OCH3 is 3. The third-order valence-electron chi connectivity index (χ3n) is 6.22. The summed E-state index contributed by atoms with van der Waals surface area (Å²) in [4.78, 5) is 40.7. The monoisotopic (exact) mass is 551 g/mol. The lowest BCUT2D eigenvalue weighted by Crippen LogP contribution is -2.29. The van der Waals surface area contributed by atoms with Crippen LogP contribution in [0.5, 0.6) is 17.2 Å². The van der Waals surface area contributed by atoms with Crippen LogP contribution in [0.1, 0.15) is 34.5 Å². The van der Waals surface area contributed by atoms with Crippen molar-refractivity contribution in [3.63, 3.8) is 0 Å². The Balaban J connectivity index is 1.98. The van der Waals surface area contributed by atoms with Gasteiger partial charge >= 0.3 is 5.97 Å². The molecule has 202 valence electrons. The van der Waals surface area contributed by atoms with Crippen LogP contribution in [0.25, 0.3) is 5.76 Å². The number of ether oxygens (including phenoxy) is 4. The molecule has 10 heteroatoms. The molecule has 3 aromatic carbocycles. The minimum Gasteiger partial charge on any atom is -0.507 e.